The van der Waals surface area contributed by atoms with Crippen LogP contribution in [0.3, 0.4) is 0 Å². The van der Waals surface area contributed by atoms with Crippen LogP contribution >= 0.6 is 0 Å². The average molecular weight is 167 g/mol. The number of hydrogen-bond donors (Lipinski definition) is 0. The summed E-state index contributed by atoms with van der Waals surface area (Å²) in [5.41, 5.74) is 5.48. The van der Waals surface area contributed by atoms with Crippen molar-refractivity contribution in [1.29, 1.82) is 0 Å². The Morgan fingerprint density at radius 1 is 0.923 bits per heavy atom. The van der Waals surface area contributed by atoms with Crippen LogP contribution in [0.1, 0.15) is 11.1 Å². The molecule has 62 valence electrons. The van der Waals surface area contributed by atoms with Gasteiger partial charge in [0.05, 0.1) is 0 Å². The van der Waals surface area contributed by atoms with Crippen molar-refractivity contribution in [3.63, 3.8) is 0 Å². The summed E-state index contributed by atoms with van der Waals surface area (Å²) in [7, 11) is 0. The van der Waals surface area contributed by atoms with E-state index in [2.05, 4.69) is 35.3 Å². The number of nitrogens with zero attached hydrogens (tertiary/aromatic N) is 1. The summed E-state index contributed by atoms with van der Waals surface area (Å²) < 4.78 is 0. The zero-order chi connectivity index (χ0) is 8.67. The van der Waals surface area contributed by atoms with E-state index in [0.29, 0.717) is 0 Å². The van der Waals surface area contributed by atoms with Crippen LogP contribution in [0.25, 0.3) is 11.1 Å². The maximum atomic E-state index is 4.16. The maximum Gasteiger partial charge on any atom is 0.0349 e. The summed E-state index contributed by atoms with van der Waals surface area (Å²) in [6.45, 7) is 0. The summed E-state index contributed by atoms with van der Waals surface area (Å²) in [5.74, 6) is 0. The van der Waals surface area contributed by atoms with Gasteiger partial charge in [-0.05, 0) is 29.2 Å². The van der Waals surface area contributed by atoms with Crippen molar-refractivity contribution >= 4 is 0 Å². The number of hydrogen-bond acceptors (Lipinski definition) is 1. The van der Waals surface area contributed by atoms with Crippen LogP contribution < -0.4 is 0 Å². The maximum absolute atomic E-state index is 4.16. The molecule has 13 heavy (non-hydrogen) atoms. The molecule has 0 fully saturated rings. The predicted octanol–water partition coefficient (Wildman–Crippen LogP) is 2.65. The lowest BCUT2D eigenvalue weighted by Crippen LogP contribution is -1.79. The Balaban J connectivity index is 2.32. The van der Waals surface area contributed by atoms with Gasteiger partial charge in [0.25, 0.3) is 0 Å². The number of pyridine rings is 1. The lowest BCUT2D eigenvalue weighted by Gasteiger charge is -1.97. The third-order valence-electron chi connectivity index (χ3n) is 2.60. The van der Waals surface area contributed by atoms with Crippen molar-refractivity contribution in [2.75, 3.05) is 0 Å². The van der Waals surface area contributed by atoms with Gasteiger partial charge in [-0.1, -0.05) is 24.3 Å². The Morgan fingerprint density at radius 2 is 1.77 bits per heavy atom. The van der Waals surface area contributed by atoms with Gasteiger partial charge in [0, 0.05) is 18.0 Å². The molecular weight excluding hydrogens is 158 g/mol. The van der Waals surface area contributed by atoms with Crippen molar-refractivity contribution in [1.82, 2.24) is 4.98 Å². The van der Waals surface area contributed by atoms with Gasteiger partial charge in [0.2, 0.25) is 0 Å². The molecule has 0 spiro atoms. The second kappa shape index (κ2) is 2.43. The summed E-state index contributed by atoms with van der Waals surface area (Å²) in [6, 6.07) is 10.6. The molecule has 1 aromatic heterocycles. The summed E-state index contributed by atoms with van der Waals surface area (Å²) in [6.07, 6.45) is 4.89. The second-order valence-electron chi connectivity index (χ2n) is 3.37. The van der Waals surface area contributed by atoms with Gasteiger partial charge in [-0.3, -0.25) is 4.98 Å². The van der Waals surface area contributed by atoms with Crippen molar-refractivity contribution < 1.29 is 0 Å². The van der Waals surface area contributed by atoms with Crippen LogP contribution in [0.15, 0.2) is 42.7 Å². The minimum Gasteiger partial charge on any atom is -0.264 e. The van der Waals surface area contributed by atoms with E-state index in [1.54, 1.807) is 0 Å². The van der Waals surface area contributed by atoms with E-state index in [1.807, 2.05) is 12.4 Å². The molecule has 0 bridgehead atoms. The molecule has 0 aliphatic heterocycles. The lowest BCUT2D eigenvalue weighted by molar-refractivity contribution is 1.23. The standard InChI is InChI=1S/C12H9N/c1-2-4-11-9(3-1)7-10-5-6-13-8-12(10)11/h1-6,8H,7H2. The minimum atomic E-state index is 1.06. The van der Waals surface area contributed by atoms with Crippen molar-refractivity contribution in [2.24, 2.45) is 0 Å². The van der Waals surface area contributed by atoms with E-state index < -0.39 is 0 Å². The van der Waals surface area contributed by atoms with Gasteiger partial charge < -0.3 is 0 Å². The smallest absolute Gasteiger partial charge is 0.0349 e. The van der Waals surface area contributed by atoms with E-state index in [-0.39, 0.29) is 0 Å². The Morgan fingerprint density at radius 3 is 2.77 bits per heavy atom. The first kappa shape index (κ1) is 6.84. The van der Waals surface area contributed by atoms with Gasteiger partial charge in [-0.15, -0.1) is 0 Å². The molecule has 0 unspecified atom stereocenters. The van der Waals surface area contributed by atoms with Gasteiger partial charge in [-0.2, -0.15) is 0 Å². The molecule has 0 saturated carbocycles. The van der Waals surface area contributed by atoms with Crippen molar-refractivity contribution in [3.8, 4) is 11.1 Å². The molecule has 1 aromatic carbocycles. The highest BCUT2D eigenvalue weighted by Crippen LogP contribution is 2.34. The number of benzene rings is 1. The molecule has 1 heterocycles. The lowest BCUT2D eigenvalue weighted by atomic mass is 10.1. The molecule has 1 heteroatoms. The Kier molecular flexibility index (Phi) is 1.28. The van der Waals surface area contributed by atoms with Gasteiger partial charge >= 0.3 is 0 Å². The van der Waals surface area contributed by atoms with E-state index in [1.165, 1.54) is 22.3 Å². The fourth-order valence-electron chi connectivity index (χ4n) is 1.96. The van der Waals surface area contributed by atoms with Crippen molar-refractivity contribution in [2.45, 2.75) is 6.42 Å². The second-order valence-corrected chi connectivity index (χ2v) is 3.37. The van der Waals surface area contributed by atoms with E-state index >= 15 is 0 Å². The van der Waals surface area contributed by atoms with Gasteiger partial charge in [-0.25, -0.2) is 0 Å². The first-order valence-corrected chi connectivity index (χ1v) is 4.46. The molecule has 2 aromatic rings. The summed E-state index contributed by atoms with van der Waals surface area (Å²) in [4.78, 5) is 4.16. The highest BCUT2D eigenvalue weighted by molar-refractivity contribution is 5.75. The third kappa shape index (κ3) is 0.903. The molecule has 3 rings (SSSR count). The third-order valence-corrected chi connectivity index (χ3v) is 2.60. The van der Waals surface area contributed by atoms with Crippen LogP contribution in [-0.2, 0) is 6.42 Å². The number of aromatic nitrogens is 1. The topological polar surface area (TPSA) is 12.9 Å². The molecule has 0 radical (unpaired) electrons. The summed E-state index contributed by atoms with van der Waals surface area (Å²) in [5, 5.41) is 0. The number of fused-ring (bicyclic) bond motifs is 3. The zero-order valence-electron chi connectivity index (χ0n) is 7.20. The van der Waals surface area contributed by atoms with Gasteiger partial charge in [0.1, 0.15) is 0 Å². The Bertz CT molecular complexity index is 417. The average Bonchev–Trinajstić information content (AvgIpc) is 2.56. The van der Waals surface area contributed by atoms with Crippen LogP contribution in [-0.4, -0.2) is 4.98 Å². The predicted molar refractivity (Wildman–Crippen MR) is 52.5 cm³/mol. The molecule has 1 aliphatic carbocycles. The molecule has 0 saturated heterocycles. The SMILES string of the molecule is c1ccc2c(c1)Cc1ccncc1-2. The highest BCUT2D eigenvalue weighted by atomic mass is 14.6. The monoisotopic (exact) mass is 167 g/mol. The van der Waals surface area contributed by atoms with E-state index in [0.717, 1.165) is 6.42 Å². The van der Waals surface area contributed by atoms with Crippen LogP contribution in [0.5, 0.6) is 0 Å². The van der Waals surface area contributed by atoms with Gasteiger partial charge in [0.15, 0.2) is 0 Å². The largest absolute Gasteiger partial charge is 0.264 e. The van der Waals surface area contributed by atoms with E-state index in [9.17, 15) is 0 Å². The van der Waals surface area contributed by atoms with Crippen molar-refractivity contribution in [3.05, 3.63) is 53.9 Å². The molecule has 0 amide bonds. The van der Waals surface area contributed by atoms with E-state index in [4.69, 9.17) is 0 Å². The first-order valence-electron chi connectivity index (χ1n) is 4.46. The van der Waals surface area contributed by atoms with Crippen LogP contribution in [0.4, 0.5) is 0 Å². The Labute approximate surface area is 77.1 Å². The molecule has 1 aliphatic rings. The zero-order valence-corrected chi connectivity index (χ0v) is 7.20. The Hall–Kier alpha value is -1.63. The highest BCUT2D eigenvalue weighted by Gasteiger charge is 2.16. The fraction of sp³-hybridized carbons (Fsp3) is 0.0833. The van der Waals surface area contributed by atoms with Crippen LogP contribution in [0.2, 0.25) is 0 Å². The number of rotatable bonds is 0. The molecule has 1 nitrogen and oxygen atoms in total. The molecule has 0 atom stereocenters. The first-order chi connectivity index (χ1) is 6.45. The molecular formula is C12H9N. The van der Waals surface area contributed by atoms with Crippen LogP contribution in [0, 0.1) is 0 Å². The summed E-state index contributed by atoms with van der Waals surface area (Å²) >= 11 is 0. The molecule has 0 N–H and O–H groups in total. The fourth-order valence-corrected chi connectivity index (χ4v) is 1.96. The quantitative estimate of drug-likeness (QED) is 0.501. The normalized spacial score (nSPS) is 12.3. The minimum absolute atomic E-state index is 1.06.